The van der Waals surface area contributed by atoms with E-state index >= 15 is 0 Å². The molecule has 0 amide bonds. The Bertz CT molecular complexity index is 1020. The number of anilines is 1. The molecule has 2 aliphatic rings. The van der Waals surface area contributed by atoms with E-state index in [9.17, 15) is 4.79 Å². The van der Waals surface area contributed by atoms with Crippen molar-refractivity contribution in [3.63, 3.8) is 0 Å². The number of benzene rings is 2. The van der Waals surface area contributed by atoms with Gasteiger partial charge in [-0.05, 0) is 67.6 Å². The van der Waals surface area contributed by atoms with Gasteiger partial charge in [-0.2, -0.15) is 0 Å². The molecule has 3 aromatic rings. The molecule has 0 saturated carbocycles. The SMILES string of the molecule is O=C(O)c1ccc(CN2C3CCC2CC(Nc2ccc(OCc4cscn4)cc2)C3)cc1. The molecule has 2 aliphatic heterocycles. The molecule has 6 nitrogen and oxygen atoms in total. The maximum absolute atomic E-state index is 11.1. The first-order valence-corrected chi connectivity index (χ1v) is 12.0. The first-order chi connectivity index (χ1) is 15.6. The molecule has 1 aromatic heterocycles. The van der Waals surface area contributed by atoms with E-state index in [1.54, 1.807) is 23.5 Å². The van der Waals surface area contributed by atoms with Crippen molar-refractivity contribution in [2.75, 3.05) is 5.32 Å². The number of piperidine rings is 1. The number of rotatable bonds is 8. The summed E-state index contributed by atoms with van der Waals surface area (Å²) in [5, 5.41) is 14.8. The standard InChI is InChI=1S/C25H27N3O3S/c29-25(30)18-3-1-17(2-4-18)13-28-22-7-8-23(28)12-20(11-22)27-19-5-9-24(10-6-19)31-14-21-15-32-16-26-21/h1-6,9-10,15-16,20,22-23,27H,7-8,11-14H2,(H,29,30). The second-order valence-electron chi connectivity index (χ2n) is 8.66. The van der Waals surface area contributed by atoms with Gasteiger partial charge in [0.25, 0.3) is 0 Å². The molecule has 2 fully saturated rings. The lowest BCUT2D eigenvalue weighted by Crippen LogP contribution is -2.46. The van der Waals surface area contributed by atoms with Crippen molar-refractivity contribution in [2.24, 2.45) is 0 Å². The highest BCUT2D eigenvalue weighted by molar-refractivity contribution is 7.07. The number of thiazole rings is 1. The lowest BCUT2D eigenvalue weighted by Gasteiger charge is -2.39. The minimum atomic E-state index is -0.873. The minimum Gasteiger partial charge on any atom is -0.487 e. The van der Waals surface area contributed by atoms with Crippen molar-refractivity contribution in [1.29, 1.82) is 0 Å². The van der Waals surface area contributed by atoms with Gasteiger partial charge in [-0.25, -0.2) is 9.78 Å². The van der Waals surface area contributed by atoms with E-state index in [1.165, 1.54) is 18.4 Å². The Morgan fingerprint density at radius 3 is 2.44 bits per heavy atom. The number of carbonyl (C=O) groups is 1. The summed E-state index contributed by atoms with van der Waals surface area (Å²) >= 11 is 1.58. The van der Waals surface area contributed by atoms with Crippen LogP contribution in [0.25, 0.3) is 0 Å². The van der Waals surface area contributed by atoms with Crippen molar-refractivity contribution in [2.45, 2.75) is 57.0 Å². The molecular weight excluding hydrogens is 422 g/mol. The average molecular weight is 450 g/mol. The monoisotopic (exact) mass is 449 g/mol. The highest BCUT2D eigenvalue weighted by Gasteiger charge is 2.40. The molecule has 0 radical (unpaired) electrons. The van der Waals surface area contributed by atoms with E-state index in [0.717, 1.165) is 36.5 Å². The highest BCUT2D eigenvalue weighted by atomic mass is 32.1. The Morgan fingerprint density at radius 1 is 1.09 bits per heavy atom. The van der Waals surface area contributed by atoms with Crippen molar-refractivity contribution in [3.8, 4) is 5.75 Å². The topological polar surface area (TPSA) is 74.7 Å². The fourth-order valence-electron chi connectivity index (χ4n) is 4.96. The molecule has 5 rings (SSSR count). The van der Waals surface area contributed by atoms with Crippen LogP contribution in [-0.2, 0) is 13.2 Å². The molecule has 0 aliphatic carbocycles. The maximum atomic E-state index is 11.1. The second-order valence-corrected chi connectivity index (χ2v) is 9.38. The lowest BCUT2D eigenvalue weighted by atomic mass is 9.96. The van der Waals surface area contributed by atoms with Gasteiger partial charge in [-0.3, -0.25) is 4.90 Å². The molecule has 2 saturated heterocycles. The molecule has 3 heterocycles. The van der Waals surface area contributed by atoms with Crippen LogP contribution in [0.3, 0.4) is 0 Å². The van der Waals surface area contributed by atoms with E-state index in [4.69, 9.17) is 9.84 Å². The van der Waals surface area contributed by atoms with Gasteiger partial charge in [0.15, 0.2) is 0 Å². The van der Waals surface area contributed by atoms with Gasteiger partial charge < -0.3 is 15.2 Å². The van der Waals surface area contributed by atoms with Crippen molar-refractivity contribution in [1.82, 2.24) is 9.88 Å². The number of hydrogen-bond donors (Lipinski definition) is 2. The van der Waals surface area contributed by atoms with Crippen LogP contribution in [0.5, 0.6) is 5.75 Å². The Balaban J connectivity index is 1.14. The van der Waals surface area contributed by atoms with Crippen LogP contribution in [0.1, 0.15) is 47.3 Å². The maximum Gasteiger partial charge on any atom is 0.335 e. The number of fused-ring (bicyclic) bond motifs is 2. The Morgan fingerprint density at radius 2 is 1.81 bits per heavy atom. The van der Waals surface area contributed by atoms with Crippen LogP contribution in [0.2, 0.25) is 0 Å². The number of nitrogens with one attached hydrogen (secondary N) is 1. The zero-order valence-corrected chi connectivity index (χ0v) is 18.6. The van der Waals surface area contributed by atoms with Crippen LogP contribution in [0.4, 0.5) is 5.69 Å². The zero-order valence-electron chi connectivity index (χ0n) is 17.8. The molecule has 0 spiro atoms. The van der Waals surface area contributed by atoms with Crippen molar-refractivity contribution in [3.05, 3.63) is 76.2 Å². The quantitative estimate of drug-likeness (QED) is 0.503. The zero-order chi connectivity index (χ0) is 21.9. The third-order valence-electron chi connectivity index (χ3n) is 6.55. The molecule has 2 N–H and O–H groups in total. The lowest BCUT2D eigenvalue weighted by molar-refractivity contribution is 0.0696. The van der Waals surface area contributed by atoms with Crippen LogP contribution < -0.4 is 10.1 Å². The number of nitrogens with zero attached hydrogens (tertiary/aromatic N) is 2. The van der Waals surface area contributed by atoms with Gasteiger partial charge >= 0.3 is 5.97 Å². The summed E-state index contributed by atoms with van der Waals surface area (Å²) < 4.78 is 5.81. The predicted molar refractivity (Wildman–Crippen MR) is 125 cm³/mol. The van der Waals surface area contributed by atoms with Gasteiger partial charge in [-0.1, -0.05) is 12.1 Å². The third kappa shape index (κ3) is 4.79. The van der Waals surface area contributed by atoms with Gasteiger partial charge in [0, 0.05) is 35.7 Å². The third-order valence-corrected chi connectivity index (χ3v) is 7.18. The number of ether oxygens (including phenoxy) is 1. The van der Waals surface area contributed by atoms with Crippen molar-refractivity contribution < 1.29 is 14.6 Å². The van der Waals surface area contributed by atoms with E-state index in [0.29, 0.717) is 30.3 Å². The first kappa shape index (κ1) is 21.0. The first-order valence-electron chi connectivity index (χ1n) is 11.1. The van der Waals surface area contributed by atoms with Crippen LogP contribution in [-0.4, -0.2) is 39.1 Å². The smallest absolute Gasteiger partial charge is 0.335 e. The van der Waals surface area contributed by atoms with Gasteiger partial charge in [0.05, 0.1) is 16.8 Å². The summed E-state index contributed by atoms with van der Waals surface area (Å²) in [6.45, 7) is 1.39. The van der Waals surface area contributed by atoms with E-state index < -0.39 is 5.97 Å². The van der Waals surface area contributed by atoms with Crippen LogP contribution in [0, 0.1) is 0 Å². The average Bonchev–Trinajstić information content (AvgIpc) is 3.39. The van der Waals surface area contributed by atoms with Crippen molar-refractivity contribution >= 4 is 23.0 Å². The fraction of sp³-hybridized carbons (Fsp3) is 0.360. The number of carboxylic acids is 1. The highest BCUT2D eigenvalue weighted by Crippen LogP contribution is 2.38. The molecule has 32 heavy (non-hydrogen) atoms. The Kier molecular flexibility index (Phi) is 6.10. The van der Waals surface area contributed by atoms with E-state index in [-0.39, 0.29) is 0 Å². The molecule has 2 aromatic carbocycles. The largest absolute Gasteiger partial charge is 0.487 e. The summed E-state index contributed by atoms with van der Waals surface area (Å²) in [4.78, 5) is 17.9. The van der Waals surface area contributed by atoms with Gasteiger partial charge in [0.1, 0.15) is 12.4 Å². The summed E-state index contributed by atoms with van der Waals surface area (Å²) in [6, 6.07) is 17.1. The molecular formula is C25H27N3O3S. The number of hydrogen-bond acceptors (Lipinski definition) is 6. The Hall–Kier alpha value is -2.90. The molecule has 2 unspecified atom stereocenters. The molecule has 2 atom stereocenters. The number of carboxylic acid groups (broad SMARTS) is 1. The van der Waals surface area contributed by atoms with Gasteiger partial charge in [-0.15, -0.1) is 11.3 Å². The van der Waals surface area contributed by atoms with E-state index in [1.807, 2.05) is 35.2 Å². The van der Waals surface area contributed by atoms with Gasteiger partial charge in [0.2, 0.25) is 0 Å². The van der Waals surface area contributed by atoms with E-state index in [2.05, 4.69) is 27.3 Å². The summed E-state index contributed by atoms with van der Waals surface area (Å²) in [5.74, 6) is -0.0186. The summed E-state index contributed by atoms with van der Waals surface area (Å²) in [7, 11) is 0. The van der Waals surface area contributed by atoms with Crippen LogP contribution in [0.15, 0.2) is 59.4 Å². The second kappa shape index (κ2) is 9.30. The number of aromatic nitrogens is 1. The fourth-order valence-corrected chi connectivity index (χ4v) is 5.51. The molecule has 7 heteroatoms. The molecule has 2 bridgehead atoms. The summed E-state index contributed by atoms with van der Waals surface area (Å²) in [5.41, 5.74) is 5.44. The summed E-state index contributed by atoms with van der Waals surface area (Å²) in [6.07, 6.45) is 4.73. The molecule has 166 valence electrons. The Labute approximate surface area is 191 Å². The normalized spacial score (nSPS) is 22.6. The predicted octanol–water partition coefficient (Wildman–Crippen LogP) is 5.03. The van der Waals surface area contributed by atoms with Crippen LogP contribution >= 0.6 is 11.3 Å². The number of aromatic carboxylic acids is 1. The minimum absolute atomic E-state index is 0.346.